The lowest BCUT2D eigenvalue weighted by molar-refractivity contribution is 0.306. The normalized spacial score (nSPS) is 11.1. The van der Waals surface area contributed by atoms with Crippen molar-refractivity contribution in [2.75, 3.05) is 0 Å². The van der Waals surface area contributed by atoms with Gasteiger partial charge in [-0.25, -0.2) is 0 Å². The lowest BCUT2D eigenvalue weighted by Gasteiger charge is -2.06. The van der Waals surface area contributed by atoms with Crippen LogP contribution >= 0.6 is 12.2 Å². The van der Waals surface area contributed by atoms with Crippen LogP contribution < -0.4 is 10.3 Å². The van der Waals surface area contributed by atoms with Crippen molar-refractivity contribution in [3.8, 4) is 5.75 Å². The van der Waals surface area contributed by atoms with Gasteiger partial charge in [-0.2, -0.15) is 9.78 Å². The number of fused-ring (bicyclic) bond motifs is 1. The number of hydrogen-bond donors (Lipinski definition) is 1. The molecule has 0 aliphatic rings. The van der Waals surface area contributed by atoms with Crippen molar-refractivity contribution in [2.24, 2.45) is 5.10 Å². The molecule has 0 fully saturated rings. The number of rotatable bonds is 5. The molecule has 138 valence electrons. The van der Waals surface area contributed by atoms with E-state index >= 15 is 0 Å². The SMILES string of the molecule is O=c1c2ccccc2[nH]c(=S)n1/N=C\c1ccc(OCc2ccccc2)cc1. The highest BCUT2D eigenvalue weighted by atomic mass is 32.1. The molecular formula is C22H17N3O2S. The third-order valence-corrected chi connectivity index (χ3v) is 4.51. The molecule has 0 aliphatic carbocycles. The zero-order valence-electron chi connectivity index (χ0n) is 14.9. The molecule has 0 bridgehead atoms. The monoisotopic (exact) mass is 387 g/mol. The number of nitrogens with zero attached hydrogens (tertiary/aromatic N) is 2. The smallest absolute Gasteiger partial charge is 0.282 e. The Labute approximate surface area is 166 Å². The summed E-state index contributed by atoms with van der Waals surface area (Å²) in [5.41, 5.74) is 2.39. The van der Waals surface area contributed by atoms with Gasteiger partial charge in [-0.1, -0.05) is 42.5 Å². The van der Waals surface area contributed by atoms with E-state index in [9.17, 15) is 4.79 Å². The summed E-state index contributed by atoms with van der Waals surface area (Å²) >= 11 is 5.26. The summed E-state index contributed by atoms with van der Waals surface area (Å²) < 4.78 is 7.22. The molecule has 4 aromatic rings. The fraction of sp³-hybridized carbons (Fsp3) is 0.0455. The maximum absolute atomic E-state index is 12.6. The molecule has 5 nitrogen and oxygen atoms in total. The van der Waals surface area contributed by atoms with Gasteiger partial charge in [-0.15, -0.1) is 0 Å². The third-order valence-electron chi connectivity index (χ3n) is 4.23. The van der Waals surface area contributed by atoms with Gasteiger partial charge in [-0.3, -0.25) is 4.79 Å². The molecule has 1 N–H and O–H groups in total. The van der Waals surface area contributed by atoms with E-state index in [2.05, 4.69) is 10.1 Å². The molecule has 0 saturated heterocycles. The van der Waals surface area contributed by atoms with Gasteiger partial charge in [0.1, 0.15) is 12.4 Å². The maximum Gasteiger partial charge on any atom is 0.282 e. The van der Waals surface area contributed by atoms with Crippen LogP contribution in [0.5, 0.6) is 5.75 Å². The largest absolute Gasteiger partial charge is 0.489 e. The van der Waals surface area contributed by atoms with Crippen molar-refractivity contribution in [1.29, 1.82) is 0 Å². The van der Waals surface area contributed by atoms with E-state index in [4.69, 9.17) is 17.0 Å². The Morgan fingerprint density at radius 3 is 2.46 bits per heavy atom. The molecule has 4 rings (SSSR count). The first-order valence-electron chi connectivity index (χ1n) is 8.76. The molecule has 6 heteroatoms. The Morgan fingerprint density at radius 2 is 1.68 bits per heavy atom. The highest BCUT2D eigenvalue weighted by Gasteiger charge is 2.03. The van der Waals surface area contributed by atoms with Crippen LogP contribution in [0, 0.1) is 4.77 Å². The van der Waals surface area contributed by atoms with Crippen LogP contribution in [0.4, 0.5) is 0 Å². The van der Waals surface area contributed by atoms with Crippen LogP contribution in [0.15, 0.2) is 88.8 Å². The van der Waals surface area contributed by atoms with Gasteiger partial charge in [0.05, 0.1) is 17.1 Å². The maximum atomic E-state index is 12.6. The number of nitrogens with one attached hydrogen (secondary N) is 1. The molecule has 3 aromatic carbocycles. The molecule has 0 radical (unpaired) electrons. The Bertz CT molecular complexity index is 1240. The molecule has 0 unspecified atom stereocenters. The highest BCUT2D eigenvalue weighted by molar-refractivity contribution is 7.71. The standard InChI is InChI=1S/C22H17N3O2S/c26-21-19-8-4-5-9-20(19)24-22(28)25(21)23-14-16-10-12-18(13-11-16)27-15-17-6-2-1-3-7-17/h1-14H,15H2,(H,24,28)/b23-14-. The zero-order valence-corrected chi connectivity index (χ0v) is 15.7. The van der Waals surface area contributed by atoms with E-state index in [0.29, 0.717) is 17.5 Å². The molecular weight excluding hydrogens is 370 g/mol. The zero-order chi connectivity index (χ0) is 19.3. The van der Waals surface area contributed by atoms with Gasteiger partial charge in [0, 0.05) is 0 Å². The number of para-hydroxylation sites is 1. The van der Waals surface area contributed by atoms with Crippen LogP contribution in [0.2, 0.25) is 0 Å². The van der Waals surface area contributed by atoms with Gasteiger partial charge in [-0.05, 0) is 59.7 Å². The molecule has 0 saturated carbocycles. The fourth-order valence-corrected chi connectivity index (χ4v) is 3.01. The number of H-pyrrole nitrogens is 1. The van der Waals surface area contributed by atoms with Gasteiger partial charge < -0.3 is 9.72 Å². The highest BCUT2D eigenvalue weighted by Crippen LogP contribution is 2.13. The van der Waals surface area contributed by atoms with Gasteiger partial charge in [0.25, 0.3) is 5.56 Å². The molecule has 0 atom stereocenters. The first-order valence-corrected chi connectivity index (χ1v) is 9.17. The van der Waals surface area contributed by atoms with Crippen molar-refractivity contribution in [2.45, 2.75) is 6.61 Å². The minimum atomic E-state index is -0.251. The Kier molecular flexibility index (Phi) is 5.12. The van der Waals surface area contributed by atoms with E-state index in [-0.39, 0.29) is 10.3 Å². The number of benzene rings is 3. The number of ether oxygens (including phenoxy) is 1. The number of aromatic amines is 1. The number of aromatic nitrogens is 2. The molecule has 28 heavy (non-hydrogen) atoms. The van der Waals surface area contributed by atoms with E-state index in [0.717, 1.165) is 16.9 Å². The Morgan fingerprint density at radius 1 is 0.964 bits per heavy atom. The Balaban J connectivity index is 1.52. The van der Waals surface area contributed by atoms with E-state index in [1.165, 1.54) is 4.68 Å². The van der Waals surface area contributed by atoms with Crippen molar-refractivity contribution in [3.05, 3.63) is 105 Å². The second-order valence-corrected chi connectivity index (χ2v) is 6.57. The predicted molar refractivity (Wildman–Crippen MR) is 114 cm³/mol. The average Bonchev–Trinajstić information content (AvgIpc) is 2.74. The minimum Gasteiger partial charge on any atom is -0.489 e. The summed E-state index contributed by atoms with van der Waals surface area (Å²) in [7, 11) is 0. The fourth-order valence-electron chi connectivity index (χ4n) is 2.77. The second-order valence-electron chi connectivity index (χ2n) is 6.18. The molecule has 0 spiro atoms. The van der Waals surface area contributed by atoms with Gasteiger partial charge >= 0.3 is 0 Å². The summed E-state index contributed by atoms with van der Waals surface area (Å²) in [6, 6.07) is 24.7. The van der Waals surface area contributed by atoms with Gasteiger partial charge in [0.2, 0.25) is 4.77 Å². The third kappa shape index (κ3) is 3.92. The molecule has 1 heterocycles. The van der Waals surface area contributed by atoms with Crippen molar-refractivity contribution >= 4 is 29.3 Å². The molecule has 1 aromatic heterocycles. The lowest BCUT2D eigenvalue weighted by atomic mass is 10.2. The summed E-state index contributed by atoms with van der Waals surface area (Å²) in [6.45, 7) is 0.510. The van der Waals surface area contributed by atoms with Crippen LogP contribution in [0.3, 0.4) is 0 Å². The van der Waals surface area contributed by atoms with E-state index < -0.39 is 0 Å². The van der Waals surface area contributed by atoms with Crippen LogP contribution in [-0.2, 0) is 6.61 Å². The average molecular weight is 387 g/mol. The first-order chi connectivity index (χ1) is 13.7. The topological polar surface area (TPSA) is 59.4 Å². The lowest BCUT2D eigenvalue weighted by Crippen LogP contribution is -2.18. The van der Waals surface area contributed by atoms with Crippen LogP contribution in [0.1, 0.15) is 11.1 Å². The van der Waals surface area contributed by atoms with Gasteiger partial charge in [0.15, 0.2) is 0 Å². The second kappa shape index (κ2) is 8.02. The number of hydrogen-bond acceptors (Lipinski definition) is 4. The summed E-state index contributed by atoms with van der Waals surface area (Å²) in [5.74, 6) is 0.765. The summed E-state index contributed by atoms with van der Waals surface area (Å²) in [4.78, 5) is 15.6. The van der Waals surface area contributed by atoms with E-state index in [1.54, 1.807) is 12.3 Å². The molecule has 0 aliphatic heterocycles. The van der Waals surface area contributed by atoms with Crippen molar-refractivity contribution in [3.63, 3.8) is 0 Å². The summed E-state index contributed by atoms with van der Waals surface area (Å²) in [5, 5.41) is 4.79. The van der Waals surface area contributed by atoms with Crippen LogP contribution in [-0.4, -0.2) is 15.9 Å². The minimum absolute atomic E-state index is 0.251. The van der Waals surface area contributed by atoms with E-state index in [1.807, 2.05) is 72.8 Å². The molecule has 0 amide bonds. The quantitative estimate of drug-likeness (QED) is 0.405. The van der Waals surface area contributed by atoms with Crippen LogP contribution in [0.25, 0.3) is 10.9 Å². The Hall–Kier alpha value is -3.51. The van der Waals surface area contributed by atoms with Crippen molar-refractivity contribution in [1.82, 2.24) is 9.66 Å². The predicted octanol–water partition coefficient (Wildman–Crippen LogP) is 4.52. The first kappa shape index (κ1) is 17.9. The van der Waals surface area contributed by atoms with Crippen molar-refractivity contribution < 1.29 is 4.74 Å². The summed E-state index contributed by atoms with van der Waals surface area (Å²) in [6.07, 6.45) is 1.60.